The van der Waals surface area contributed by atoms with Crippen molar-refractivity contribution in [2.75, 3.05) is 26.2 Å². The summed E-state index contributed by atoms with van der Waals surface area (Å²) in [6, 6.07) is 7.56. The van der Waals surface area contributed by atoms with Crippen LogP contribution in [0.25, 0.3) is 0 Å². The number of aliphatic hydroxyl groups excluding tert-OH is 1. The van der Waals surface area contributed by atoms with E-state index in [-0.39, 0.29) is 17.9 Å². The standard InChI is InChI=1S/C20H29ClN2O2/c21-18-4-1-3-17(11-18)13-22-19(25)7-10-23-9-2-8-20(14-23,15-24)12-16-5-6-16/h1,3-4,11,16,24H,2,5-10,12-15H2,(H,22,25)/t20-/m1/s1. The Labute approximate surface area is 155 Å². The first kappa shape index (κ1) is 18.7. The molecular weight excluding hydrogens is 336 g/mol. The molecule has 1 aliphatic heterocycles. The van der Waals surface area contributed by atoms with Crippen LogP contribution in [-0.2, 0) is 11.3 Å². The van der Waals surface area contributed by atoms with Crippen LogP contribution in [0.15, 0.2) is 24.3 Å². The number of hydrogen-bond donors (Lipinski definition) is 2. The van der Waals surface area contributed by atoms with E-state index in [1.807, 2.05) is 24.3 Å². The number of halogens is 1. The van der Waals surface area contributed by atoms with Gasteiger partial charge in [-0.25, -0.2) is 0 Å². The highest BCUT2D eigenvalue weighted by molar-refractivity contribution is 6.30. The molecule has 0 spiro atoms. The highest BCUT2D eigenvalue weighted by Gasteiger charge is 2.39. The smallest absolute Gasteiger partial charge is 0.221 e. The molecule has 25 heavy (non-hydrogen) atoms. The molecule has 2 aliphatic rings. The predicted molar refractivity (Wildman–Crippen MR) is 100 cm³/mol. The Bertz CT molecular complexity index is 591. The number of carbonyl (C=O) groups excluding carboxylic acids is 1. The third kappa shape index (κ3) is 5.70. The average Bonchev–Trinajstić information content (AvgIpc) is 3.42. The van der Waals surface area contributed by atoms with E-state index in [0.717, 1.165) is 50.4 Å². The maximum atomic E-state index is 12.1. The number of benzene rings is 1. The summed E-state index contributed by atoms with van der Waals surface area (Å²) in [7, 11) is 0. The zero-order valence-electron chi connectivity index (χ0n) is 14.8. The molecule has 2 fully saturated rings. The molecule has 2 N–H and O–H groups in total. The summed E-state index contributed by atoms with van der Waals surface area (Å²) in [5, 5.41) is 13.6. The molecule has 4 nitrogen and oxygen atoms in total. The molecule has 1 heterocycles. The van der Waals surface area contributed by atoms with E-state index >= 15 is 0 Å². The van der Waals surface area contributed by atoms with Crippen molar-refractivity contribution in [2.24, 2.45) is 11.3 Å². The molecule has 0 unspecified atom stereocenters. The monoisotopic (exact) mass is 364 g/mol. The number of aliphatic hydroxyl groups is 1. The normalized spacial score (nSPS) is 24.2. The summed E-state index contributed by atoms with van der Waals surface area (Å²) in [6.45, 7) is 3.53. The van der Waals surface area contributed by atoms with E-state index in [2.05, 4.69) is 10.2 Å². The Hall–Kier alpha value is -1.10. The predicted octanol–water partition coefficient (Wildman–Crippen LogP) is 3.22. The molecule has 138 valence electrons. The molecule has 0 bridgehead atoms. The molecule has 5 heteroatoms. The fraction of sp³-hybridized carbons (Fsp3) is 0.650. The maximum Gasteiger partial charge on any atom is 0.221 e. The van der Waals surface area contributed by atoms with Gasteiger partial charge >= 0.3 is 0 Å². The molecule has 1 aromatic rings. The summed E-state index contributed by atoms with van der Waals surface area (Å²) in [5.74, 6) is 0.899. The molecule has 1 atom stereocenters. The zero-order chi connectivity index (χ0) is 17.7. The SMILES string of the molecule is O=C(CCN1CCC[C@@](CO)(CC2CC2)C1)NCc1cccc(Cl)c1. The highest BCUT2D eigenvalue weighted by atomic mass is 35.5. The first-order valence-corrected chi connectivity index (χ1v) is 9.81. The van der Waals surface area contributed by atoms with Crippen LogP contribution in [0.5, 0.6) is 0 Å². The summed E-state index contributed by atoms with van der Waals surface area (Å²) in [5.41, 5.74) is 1.08. The van der Waals surface area contributed by atoms with E-state index in [0.29, 0.717) is 18.0 Å². The number of rotatable bonds is 8. The fourth-order valence-electron chi connectivity index (χ4n) is 3.99. The molecule has 0 radical (unpaired) electrons. The maximum absolute atomic E-state index is 12.1. The number of nitrogens with one attached hydrogen (secondary N) is 1. The minimum atomic E-state index is 0.0662. The van der Waals surface area contributed by atoms with Crippen molar-refractivity contribution in [3.8, 4) is 0 Å². The van der Waals surface area contributed by atoms with Crippen LogP contribution >= 0.6 is 11.6 Å². The fourth-order valence-corrected chi connectivity index (χ4v) is 4.20. The van der Waals surface area contributed by atoms with Crippen molar-refractivity contribution in [3.63, 3.8) is 0 Å². The van der Waals surface area contributed by atoms with Crippen molar-refractivity contribution in [2.45, 2.75) is 45.1 Å². The minimum absolute atomic E-state index is 0.0662. The number of likely N-dealkylation sites (tertiary alicyclic amines) is 1. The quantitative estimate of drug-likeness (QED) is 0.744. The third-order valence-corrected chi connectivity index (χ3v) is 5.76. The van der Waals surface area contributed by atoms with Crippen LogP contribution in [-0.4, -0.2) is 42.2 Å². The number of piperidine rings is 1. The molecule has 1 aliphatic carbocycles. The average molecular weight is 365 g/mol. The van der Waals surface area contributed by atoms with E-state index < -0.39 is 0 Å². The molecule has 1 amide bonds. The van der Waals surface area contributed by atoms with Crippen LogP contribution in [0.1, 0.15) is 44.1 Å². The molecular formula is C20H29ClN2O2. The zero-order valence-corrected chi connectivity index (χ0v) is 15.6. The Kier molecular flexibility index (Phi) is 6.37. The minimum Gasteiger partial charge on any atom is -0.396 e. The number of nitrogens with zero attached hydrogens (tertiary/aromatic N) is 1. The van der Waals surface area contributed by atoms with Gasteiger partial charge in [0.05, 0.1) is 0 Å². The molecule has 0 aromatic heterocycles. The first-order valence-electron chi connectivity index (χ1n) is 9.43. The van der Waals surface area contributed by atoms with Gasteiger partial charge in [0.1, 0.15) is 0 Å². The van der Waals surface area contributed by atoms with Crippen molar-refractivity contribution < 1.29 is 9.90 Å². The van der Waals surface area contributed by atoms with Gasteiger partial charge in [0, 0.05) is 43.1 Å². The first-order chi connectivity index (χ1) is 12.1. The lowest BCUT2D eigenvalue weighted by Gasteiger charge is -2.42. The van der Waals surface area contributed by atoms with Crippen LogP contribution in [0.2, 0.25) is 5.02 Å². The second kappa shape index (κ2) is 8.52. The van der Waals surface area contributed by atoms with Crippen molar-refractivity contribution >= 4 is 17.5 Å². The Morgan fingerprint density at radius 3 is 2.96 bits per heavy atom. The second-order valence-electron chi connectivity index (χ2n) is 7.84. The van der Waals surface area contributed by atoms with E-state index in [1.165, 1.54) is 12.8 Å². The lowest BCUT2D eigenvalue weighted by atomic mass is 9.76. The summed E-state index contributed by atoms with van der Waals surface area (Å²) < 4.78 is 0. The number of amides is 1. The van der Waals surface area contributed by atoms with Crippen molar-refractivity contribution in [1.29, 1.82) is 0 Å². The van der Waals surface area contributed by atoms with E-state index in [4.69, 9.17) is 11.6 Å². The van der Waals surface area contributed by atoms with Crippen LogP contribution in [0, 0.1) is 11.3 Å². The van der Waals surface area contributed by atoms with Crippen LogP contribution in [0.4, 0.5) is 0 Å². The van der Waals surface area contributed by atoms with Gasteiger partial charge in [0.2, 0.25) is 5.91 Å². The molecule has 1 aromatic carbocycles. The summed E-state index contributed by atoms with van der Waals surface area (Å²) in [4.78, 5) is 14.5. The van der Waals surface area contributed by atoms with Crippen molar-refractivity contribution in [1.82, 2.24) is 10.2 Å². The Morgan fingerprint density at radius 1 is 1.40 bits per heavy atom. The lowest BCUT2D eigenvalue weighted by Crippen LogP contribution is -2.46. The van der Waals surface area contributed by atoms with Gasteiger partial charge in [-0.1, -0.05) is 36.6 Å². The van der Waals surface area contributed by atoms with Gasteiger partial charge in [0.15, 0.2) is 0 Å². The van der Waals surface area contributed by atoms with E-state index in [1.54, 1.807) is 0 Å². The largest absolute Gasteiger partial charge is 0.396 e. The molecule has 1 saturated heterocycles. The molecule has 3 rings (SSSR count). The van der Waals surface area contributed by atoms with Gasteiger partial charge in [-0.05, 0) is 49.4 Å². The van der Waals surface area contributed by atoms with Crippen LogP contribution < -0.4 is 5.32 Å². The topological polar surface area (TPSA) is 52.6 Å². The highest BCUT2D eigenvalue weighted by Crippen LogP contribution is 2.44. The Balaban J connectivity index is 1.41. The van der Waals surface area contributed by atoms with Crippen LogP contribution in [0.3, 0.4) is 0 Å². The number of hydrogen-bond acceptors (Lipinski definition) is 3. The van der Waals surface area contributed by atoms with Gasteiger partial charge < -0.3 is 15.3 Å². The summed E-state index contributed by atoms with van der Waals surface area (Å²) in [6.07, 6.45) is 6.56. The van der Waals surface area contributed by atoms with Crippen molar-refractivity contribution in [3.05, 3.63) is 34.9 Å². The third-order valence-electron chi connectivity index (χ3n) is 5.53. The molecule has 1 saturated carbocycles. The van der Waals surface area contributed by atoms with Gasteiger partial charge in [0.25, 0.3) is 0 Å². The number of carbonyl (C=O) groups is 1. The van der Waals surface area contributed by atoms with Gasteiger partial charge in [-0.15, -0.1) is 0 Å². The second-order valence-corrected chi connectivity index (χ2v) is 8.28. The summed E-state index contributed by atoms with van der Waals surface area (Å²) >= 11 is 5.96. The Morgan fingerprint density at radius 2 is 2.24 bits per heavy atom. The lowest BCUT2D eigenvalue weighted by molar-refractivity contribution is -0.121. The van der Waals surface area contributed by atoms with Gasteiger partial charge in [-0.3, -0.25) is 4.79 Å². The van der Waals surface area contributed by atoms with E-state index in [9.17, 15) is 9.90 Å². The van der Waals surface area contributed by atoms with Gasteiger partial charge in [-0.2, -0.15) is 0 Å².